The Morgan fingerprint density at radius 1 is 1.39 bits per heavy atom. The predicted molar refractivity (Wildman–Crippen MR) is 94.4 cm³/mol. The molecule has 1 heterocycles. The maximum atomic E-state index is 12.6. The van der Waals surface area contributed by atoms with Crippen LogP contribution in [0.15, 0.2) is 18.2 Å². The van der Waals surface area contributed by atoms with Crippen LogP contribution in [0.5, 0.6) is 0 Å². The Morgan fingerprint density at radius 2 is 2.09 bits per heavy atom. The van der Waals surface area contributed by atoms with Crippen molar-refractivity contribution in [1.29, 1.82) is 0 Å². The number of carbonyl (C=O) groups is 2. The summed E-state index contributed by atoms with van der Waals surface area (Å²) in [6.07, 6.45) is 1.44. The first-order chi connectivity index (χ1) is 10.4. The van der Waals surface area contributed by atoms with Gasteiger partial charge in [-0.25, -0.2) is 0 Å². The maximum absolute atomic E-state index is 12.6. The molecule has 2 amide bonds. The normalized spacial score (nSPS) is 18.3. The third-order valence-electron chi connectivity index (χ3n) is 3.73. The fourth-order valence-electron chi connectivity index (χ4n) is 2.48. The average Bonchev–Trinajstić information content (AvgIpc) is 2.98. The van der Waals surface area contributed by atoms with Crippen molar-refractivity contribution in [2.24, 2.45) is 5.73 Å². The molecule has 1 aliphatic rings. The molecule has 2 atom stereocenters. The van der Waals surface area contributed by atoms with Gasteiger partial charge in [0.05, 0.1) is 10.0 Å². The largest absolute Gasteiger partial charge is 0.351 e. The van der Waals surface area contributed by atoms with Crippen molar-refractivity contribution in [2.45, 2.75) is 31.8 Å². The molecule has 8 heteroatoms. The number of nitrogens with one attached hydrogen (secondary N) is 1. The number of hydrogen-bond donors (Lipinski definition) is 2. The second kappa shape index (κ2) is 8.73. The molecule has 1 fully saturated rings. The van der Waals surface area contributed by atoms with Gasteiger partial charge in [0.25, 0.3) is 5.91 Å². The van der Waals surface area contributed by atoms with Crippen molar-refractivity contribution < 1.29 is 9.59 Å². The van der Waals surface area contributed by atoms with Gasteiger partial charge in [-0.15, -0.1) is 12.4 Å². The van der Waals surface area contributed by atoms with Crippen LogP contribution in [0, 0.1) is 0 Å². The summed E-state index contributed by atoms with van der Waals surface area (Å²) in [7, 11) is 0. The lowest BCUT2D eigenvalue weighted by atomic mass is 10.1. The molecule has 0 aromatic heterocycles. The van der Waals surface area contributed by atoms with Crippen LogP contribution in [0.25, 0.3) is 0 Å². The molecule has 1 aliphatic heterocycles. The number of nitrogens with two attached hydrogens (primary N) is 1. The van der Waals surface area contributed by atoms with E-state index >= 15 is 0 Å². The van der Waals surface area contributed by atoms with Crippen molar-refractivity contribution in [1.82, 2.24) is 10.2 Å². The van der Waals surface area contributed by atoms with Crippen molar-refractivity contribution in [3.8, 4) is 0 Å². The Balaban J connectivity index is 0.00000264. The van der Waals surface area contributed by atoms with E-state index in [4.69, 9.17) is 28.9 Å². The lowest BCUT2D eigenvalue weighted by molar-refractivity contribution is -0.125. The number of amides is 2. The topological polar surface area (TPSA) is 75.4 Å². The Hall–Kier alpha value is -1.01. The molecule has 0 radical (unpaired) electrons. The van der Waals surface area contributed by atoms with Gasteiger partial charge in [-0.3, -0.25) is 9.59 Å². The predicted octanol–water partition coefficient (Wildman–Crippen LogP) is 2.48. The highest BCUT2D eigenvalue weighted by Crippen LogP contribution is 2.25. The van der Waals surface area contributed by atoms with Crippen LogP contribution in [0.1, 0.15) is 30.1 Å². The fourth-order valence-corrected chi connectivity index (χ4v) is 2.77. The van der Waals surface area contributed by atoms with Crippen molar-refractivity contribution in [3.63, 3.8) is 0 Å². The summed E-state index contributed by atoms with van der Waals surface area (Å²) < 4.78 is 0. The first kappa shape index (κ1) is 20.0. The molecule has 1 aromatic rings. The number of benzene rings is 1. The molecular formula is C15H20Cl3N3O2. The number of likely N-dealkylation sites (tertiary alicyclic amines) is 1. The van der Waals surface area contributed by atoms with Crippen LogP contribution in [0.4, 0.5) is 0 Å². The zero-order valence-corrected chi connectivity index (χ0v) is 15.0. The van der Waals surface area contributed by atoms with Crippen LogP contribution in [-0.2, 0) is 4.79 Å². The SMILES string of the molecule is C[C@@H](CN)NC(=O)C1CCCN1C(=O)c1ccc(Cl)c(Cl)c1.Cl. The Labute approximate surface area is 151 Å². The van der Waals surface area contributed by atoms with Gasteiger partial charge in [0.2, 0.25) is 5.91 Å². The summed E-state index contributed by atoms with van der Waals surface area (Å²) in [4.78, 5) is 26.5. The lowest BCUT2D eigenvalue weighted by Crippen LogP contribution is -2.49. The summed E-state index contributed by atoms with van der Waals surface area (Å²) in [6.45, 7) is 2.74. The molecule has 1 aromatic carbocycles. The number of hydrogen-bond acceptors (Lipinski definition) is 3. The van der Waals surface area contributed by atoms with E-state index in [2.05, 4.69) is 5.32 Å². The van der Waals surface area contributed by atoms with Crippen molar-refractivity contribution >= 4 is 47.4 Å². The molecular weight excluding hydrogens is 361 g/mol. The second-order valence-electron chi connectivity index (χ2n) is 5.43. The lowest BCUT2D eigenvalue weighted by Gasteiger charge is -2.25. The second-order valence-corrected chi connectivity index (χ2v) is 6.25. The molecule has 1 unspecified atom stereocenters. The smallest absolute Gasteiger partial charge is 0.254 e. The molecule has 23 heavy (non-hydrogen) atoms. The first-order valence-corrected chi connectivity index (χ1v) is 7.96. The zero-order chi connectivity index (χ0) is 16.3. The number of halogens is 3. The summed E-state index contributed by atoms with van der Waals surface area (Å²) in [6, 6.07) is 4.15. The Kier molecular flexibility index (Phi) is 7.61. The van der Waals surface area contributed by atoms with Crippen molar-refractivity contribution in [3.05, 3.63) is 33.8 Å². The third-order valence-corrected chi connectivity index (χ3v) is 4.46. The van der Waals surface area contributed by atoms with Crippen LogP contribution in [-0.4, -0.2) is 41.9 Å². The van der Waals surface area contributed by atoms with Crippen LogP contribution in [0.3, 0.4) is 0 Å². The van der Waals surface area contributed by atoms with E-state index in [0.717, 1.165) is 6.42 Å². The van der Waals surface area contributed by atoms with Crippen LogP contribution in [0.2, 0.25) is 10.0 Å². The zero-order valence-electron chi connectivity index (χ0n) is 12.7. The molecule has 1 saturated heterocycles. The fraction of sp³-hybridized carbons (Fsp3) is 0.467. The molecule has 128 valence electrons. The van der Waals surface area contributed by atoms with E-state index in [0.29, 0.717) is 35.1 Å². The highest BCUT2D eigenvalue weighted by atomic mass is 35.5. The van der Waals surface area contributed by atoms with Gasteiger partial charge in [0.15, 0.2) is 0 Å². The monoisotopic (exact) mass is 379 g/mol. The van der Waals surface area contributed by atoms with Gasteiger partial charge >= 0.3 is 0 Å². The van der Waals surface area contributed by atoms with Gasteiger partial charge in [-0.2, -0.15) is 0 Å². The quantitative estimate of drug-likeness (QED) is 0.842. The Morgan fingerprint density at radius 3 is 2.70 bits per heavy atom. The number of rotatable bonds is 4. The van der Waals surface area contributed by atoms with E-state index < -0.39 is 6.04 Å². The van der Waals surface area contributed by atoms with E-state index in [-0.39, 0.29) is 30.3 Å². The minimum absolute atomic E-state index is 0. The highest BCUT2D eigenvalue weighted by molar-refractivity contribution is 6.42. The highest BCUT2D eigenvalue weighted by Gasteiger charge is 2.34. The third kappa shape index (κ3) is 4.73. The average molecular weight is 381 g/mol. The van der Waals surface area contributed by atoms with Gasteiger partial charge in [0, 0.05) is 24.7 Å². The molecule has 2 rings (SSSR count). The maximum Gasteiger partial charge on any atom is 0.254 e. The molecule has 5 nitrogen and oxygen atoms in total. The molecule has 0 aliphatic carbocycles. The van der Waals surface area contributed by atoms with E-state index in [1.165, 1.54) is 6.07 Å². The van der Waals surface area contributed by atoms with Crippen molar-refractivity contribution in [2.75, 3.05) is 13.1 Å². The molecule has 0 saturated carbocycles. The van der Waals surface area contributed by atoms with E-state index in [1.807, 2.05) is 6.92 Å². The standard InChI is InChI=1S/C15H19Cl2N3O2.ClH/c1-9(8-18)19-14(21)13-3-2-6-20(13)15(22)10-4-5-11(16)12(17)7-10;/h4-5,7,9,13H,2-3,6,8,18H2,1H3,(H,19,21);1H/t9-,13?;/m0./s1. The summed E-state index contributed by atoms with van der Waals surface area (Å²) >= 11 is 11.8. The number of nitrogens with zero attached hydrogens (tertiary/aromatic N) is 1. The van der Waals surface area contributed by atoms with E-state index in [9.17, 15) is 9.59 Å². The van der Waals surface area contributed by atoms with Crippen LogP contribution >= 0.6 is 35.6 Å². The summed E-state index contributed by atoms with van der Waals surface area (Å²) in [5.41, 5.74) is 5.94. The summed E-state index contributed by atoms with van der Waals surface area (Å²) in [5.74, 6) is -0.375. The van der Waals surface area contributed by atoms with Gasteiger partial charge in [0.1, 0.15) is 6.04 Å². The molecule has 0 bridgehead atoms. The van der Waals surface area contributed by atoms with Gasteiger partial charge in [-0.1, -0.05) is 23.2 Å². The minimum atomic E-state index is -0.462. The minimum Gasteiger partial charge on any atom is -0.351 e. The van der Waals surface area contributed by atoms with Gasteiger partial charge in [-0.05, 0) is 38.0 Å². The number of carbonyl (C=O) groups excluding carboxylic acids is 2. The van der Waals surface area contributed by atoms with E-state index in [1.54, 1.807) is 17.0 Å². The Bertz CT molecular complexity index is 583. The van der Waals surface area contributed by atoms with Crippen LogP contribution < -0.4 is 11.1 Å². The summed E-state index contributed by atoms with van der Waals surface area (Å²) in [5, 5.41) is 3.54. The molecule has 0 spiro atoms. The van der Waals surface area contributed by atoms with Gasteiger partial charge < -0.3 is 16.0 Å². The molecule has 3 N–H and O–H groups in total. The first-order valence-electron chi connectivity index (χ1n) is 7.20.